The van der Waals surface area contributed by atoms with Crippen molar-refractivity contribution in [3.05, 3.63) is 0 Å². The number of esters is 1. The number of hydrogen-bond donors (Lipinski definition) is 0. The van der Waals surface area contributed by atoms with Gasteiger partial charge in [-0.05, 0) is 6.92 Å². The summed E-state index contributed by atoms with van der Waals surface area (Å²) in [6, 6.07) is 0. The minimum atomic E-state index is -0.192. The molecule has 0 heterocycles. The van der Waals surface area contributed by atoms with Gasteiger partial charge in [-0.3, -0.25) is 4.79 Å². The normalized spacial score (nSPS) is 8.75. The van der Waals surface area contributed by atoms with E-state index < -0.39 is 0 Å². The molecule has 0 saturated heterocycles. The van der Waals surface area contributed by atoms with Crippen LogP contribution in [0, 0.1) is 0 Å². The molecule has 1 radical (unpaired) electrons. The summed E-state index contributed by atoms with van der Waals surface area (Å²) in [6.07, 6.45) is 0.364. The Kier molecular flexibility index (Phi) is 4.85. The van der Waals surface area contributed by atoms with Gasteiger partial charge in [-0.15, -0.1) is 0 Å². The third kappa shape index (κ3) is 3.99. The Morgan fingerprint density at radius 3 is 2.75 bits per heavy atom. The van der Waals surface area contributed by atoms with Gasteiger partial charge < -0.3 is 4.74 Å². The predicted molar refractivity (Wildman–Crippen MR) is 33.7 cm³/mol. The smallest absolute Gasteiger partial charge is 0.306 e. The van der Waals surface area contributed by atoms with Crippen molar-refractivity contribution in [1.82, 2.24) is 0 Å². The molecule has 8 heavy (non-hydrogen) atoms. The summed E-state index contributed by atoms with van der Waals surface area (Å²) in [5.41, 5.74) is 0. The predicted octanol–water partition coefficient (Wildman–Crippen LogP) is 1.14. The van der Waals surface area contributed by atoms with Crippen molar-refractivity contribution < 1.29 is 9.53 Å². The van der Waals surface area contributed by atoms with Gasteiger partial charge in [0.2, 0.25) is 0 Å². The summed E-state index contributed by atoms with van der Waals surface area (Å²) < 4.78 is 4.58. The Bertz CT molecular complexity index is 64.8. The summed E-state index contributed by atoms with van der Waals surface area (Å²) in [5, 5.41) is 0. The highest BCUT2D eigenvalue weighted by molar-refractivity contribution is 7.80. The highest BCUT2D eigenvalue weighted by atomic mass is 32.1. The zero-order valence-electron chi connectivity index (χ0n) is 4.85. The Hall–Kier alpha value is -0.180. The number of carbonyl (C=O) groups excluding carboxylic acids is 1. The van der Waals surface area contributed by atoms with Gasteiger partial charge in [-0.25, -0.2) is 0 Å². The van der Waals surface area contributed by atoms with Gasteiger partial charge >= 0.3 is 5.97 Å². The number of rotatable bonds is 3. The van der Waals surface area contributed by atoms with Gasteiger partial charge in [-0.1, -0.05) is 12.6 Å². The fourth-order valence-corrected chi connectivity index (χ4v) is 0.483. The van der Waals surface area contributed by atoms with E-state index in [0.717, 1.165) is 0 Å². The van der Waals surface area contributed by atoms with Crippen LogP contribution in [0.4, 0.5) is 0 Å². The molecule has 0 aromatic heterocycles. The maximum absolute atomic E-state index is 10.4. The molecular weight excluding hydrogens is 124 g/mol. The fraction of sp³-hybridized carbons (Fsp3) is 0.800. The molecule has 0 spiro atoms. The molecule has 0 aliphatic rings. The van der Waals surface area contributed by atoms with Crippen LogP contribution in [0.2, 0.25) is 0 Å². The van der Waals surface area contributed by atoms with Crippen molar-refractivity contribution in [2.24, 2.45) is 0 Å². The van der Waals surface area contributed by atoms with Crippen LogP contribution >= 0.6 is 12.6 Å². The van der Waals surface area contributed by atoms with E-state index in [-0.39, 0.29) is 5.97 Å². The van der Waals surface area contributed by atoms with Crippen molar-refractivity contribution in [3.63, 3.8) is 0 Å². The average Bonchev–Trinajstić information content (AvgIpc) is 1.68. The molecular formula is C5H9O2S. The Morgan fingerprint density at radius 1 is 1.75 bits per heavy atom. The van der Waals surface area contributed by atoms with Crippen LogP contribution < -0.4 is 0 Å². The summed E-state index contributed by atoms with van der Waals surface area (Å²) >= 11 is 4.54. The molecule has 0 aliphatic carbocycles. The minimum absolute atomic E-state index is 0.192. The largest absolute Gasteiger partial charge is 0.466 e. The minimum Gasteiger partial charge on any atom is -0.466 e. The van der Waals surface area contributed by atoms with Crippen LogP contribution in [0.3, 0.4) is 0 Å². The maximum atomic E-state index is 10.4. The number of hydrogen-bond acceptors (Lipinski definition) is 2. The highest BCUT2D eigenvalue weighted by Crippen LogP contribution is 1.87. The van der Waals surface area contributed by atoms with E-state index in [1.807, 2.05) is 0 Å². The van der Waals surface area contributed by atoms with Crippen LogP contribution in [0.5, 0.6) is 0 Å². The van der Waals surface area contributed by atoms with Gasteiger partial charge in [-0.2, -0.15) is 0 Å². The lowest BCUT2D eigenvalue weighted by atomic mass is 10.5. The second-order valence-corrected chi connectivity index (χ2v) is 1.67. The summed E-state index contributed by atoms with van der Waals surface area (Å²) in [4.78, 5) is 10.4. The maximum Gasteiger partial charge on any atom is 0.306 e. The van der Waals surface area contributed by atoms with Gasteiger partial charge in [0.05, 0.1) is 13.0 Å². The van der Waals surface area contributed by atoms with Crippen molar-refractivity contribution in [1.29, 1.82) is 0 Å². The molecule has 0 amide bonds. The zero-order valence-corrected chi connectivity index (χ0v) is 5.66. The van der Waals surface area contributed by atoms with Crippen molar-refractivity contribution >= 4 is 18.6 Å². The standard InChI is InChI=1S/C5H9O2S/c1-2-7-5(6)3-4-8/h2-4H2,1H3. The summed E-state index contributed by atoms with van der Waals surface area (Å²) in [7, 11) is 0. The summed E-state index contributed by atoms with van der Waals surface area (Å²) in [6.45, 7) is 2.23. The third-order valence-electron chi connectivity index (χ3n) is 0.612. The van der Waals surface area contributed by atoms with Crippen molar-refractivity contribution in [2.75, 3.05) is 12.4 Å². The molecule has 0 unspecified atom stereocenters. The van der Waals surface area contributed by atoms with E-state index in [4.69, 9.17) is 0 Å². The number of ether oxygens (including phenoxy) is 1. The lowest BCUT2D eigenvalue weighted by molar-refractivity contribution is -0.142. The van der Waals surface area contributed by atoms with E-state index in [1.165, 1.54) is 0 Å². The molecule has 0 fully saturated rings. The first kappa shape index (κ1) is 7.82. The van der Waals surface area contributed by atoms with Gasteiger partial charge in [0.15, 0.2) is 0 Å². The fourth-order valence-electron chi connectivity index (χ4n) is 0.316. The average molecular weight is 133 g/mol. The van der Waals surface area contributed by atoms with E-state index >= 15 is 0 Å². The van der Waals surface area contributed by atoms with Gasteiger partial charge in [0.1, 0.15) is 0 Å². The van der Waals surface area contributed by atoms with Crippen LogP contribution in [-0.4, -0.2) is 18.3 Å². The van der Waals surface area contributed by atoms with Gasteiger partial charge in [0, 0.05) is 5.75 Å². The Balaban J connectivity index is 3.06. The molecule has 2 nitrogen and oxygen atoms in total. The Labute approximate surface area is 54.6 Å². The first-order valence-electron chi connectivity index (χ1n) is 2.55. The molecule has 0 N–H and O–H groups in total. The molecule has 0 rings (SSSR count). The first-order chi connectivity index (χ1) is 3.81. The molecule has 0 saturated carbocycles. The zero-order chi connectivity index (χ0) is 6.41. The topological polar surface area (TPSA) is 26.3 Å². The van der Waals surface area contributed by atoms with Crippen LogP contribution in [-0.2, 0) is 9.53 Å². The molecule has 0 atom stereocenters. The second kappa shape index (κ2) is 4.97. The molecule has 3 heteroatoms. The quantitative estimate of drug-likeness (QED) is 0.539. The first-order valence-corrected chi connectivity index (χ1v) is 3.12. The summed E-state index contributed by atoms with van der Waals surface area (Å²) in [5.74, 6) is 0.265. The SMILES string of the molecule is CCOC(=O)CC[S]. The van der Waals surface area contributed by atoms with Crippen LogP contribution in [0.25, 0.3) is 0 Å². The van der Waals surface area contributed by atoms with Crippen molar-refractivity contribution in [2.45, 2.75) is 13.3 Å². The van der Waals surface area contributed by atoms with Gasteiger partial charge in [0.25, 0.3) is 0 Å². The molecule has 0 aromatic carbocycles. The van der Waals surface area contributed by atoms with E-state index in [2.05, 4.69) is 17.4 Å². The molecule has 47 valence electrons. The van der Waals surface area contributed by atoms with E-state index in [0.29, 0.717) is 18.8 Å². The lowest BCUT2D eigenvalue weighted by Gasteiger charge is -1.95. The Morgan fingerprint density at radius 2 is 2.38 bits per heavy atom. The monoisotopic (exact) mass is 133 g/mol. The van der Waals surface area contributed by atoms with Crippen LogP contribution in [0.1, 0.15) is 13.3 Å². The number of carbonyl (C=O) groups is 1. The van der Waals surface area contributed by atoms with Crippen molar-refractivity contribution in [3.8, 4) is 0 Å². The molecule has 0 aromatic rings. The van der Waals surface area contributed by atoms with Crippen LogP contribution in [0.15, 0.2) is 0 Å². The highest BCUT2D eigenvalue weighted by Gasteiger charge is 1.96. The second-order valence-electron chi connectivity index (χ2n) is 1.26. The molecule has 0 bridgehead atoms. The third-order valence-corrected chi connectivity index (χ3v) is 0.816. The molecule has 0 aliphatic heterocycles. The van der Waals surface area contributed by atoms with E-state index in [1.54, 1.807) is 6.92 Å². The van der Waals surface area contributed by atoms with E-state index in [9.17, 15) is 4.79 Å². The lowest BCUT2D eigenvalue weighted by Crippen LogP contribution is -2.03.